The number of rotatable bonds is 0. The Hall–Kier alpha value is -0.480. The molecule has 0 amide bonds. The quantitative estimate of drug-likeness (QED) is 0.474. The summed E-state index contributed by atoms with van der Waals surface area (Å²) < 4.78 is 0. The molecule has 0 aromatic heterocycles. The van der Waals surface area contributed by atoms with Gasteiger partial charge in [-0.2, -0.15) is 0 Å². The highest BCUT2D eigenvalue weighted by atomic mass is 14.2. The Labute approximate surface area is 77.4 Å². The maximum absolute atomic E-state index is 3.35. The maximum atomic E-state index is 3.35. The Morgan fingerprint density at radius 2 is 1.42 bits per heavy atom. The summed E-state index contributed by atoms with van der Waals surface area (Å²) in [6.45, 7) is 15.4. The van der Waals surface area contributed by atoms with E-state index in [2.05, 4.69) is 60.3 Å². The molecule has 0 nitrogen and oxygen atoms in total. The first kappa shape index (κ1) is 11.5. The molecule has 0 aliphatic carbocycles. The SMILES string of the molecule is CC(=C=CC(C)(C)C)C(C)(C)C. The molecule has 12 heavy (non-hydrogen) atoms. The summed E-state index contributed by atoms with van der Waals surface area (Å²) in [5.74, 6) is 0. The molecule has 0 fully saturated rings. The Kier molecular flexibility index (Phi) is 3.35. The van der Waals surface area contributed by atoms with E-state index < -0.39 is 0 Å². The van der Waals surface area contributed by atoms with E-state index >= 15 is 0 Å². The van der Waals surface area contributed by atoms with Crippen LogP contribution >= 0.6 is 0 Å². The average molecular weight is 166 g/mol. The molecule has 0 aliphatic heterocycles. The Morgan fingerprint density at radius 3 is 1.67 bits per heavy atom. The molecule has 70 valence electrons. The van der Waals surface area contributed by atoms with E-state index in [4.69, 9.17) is 0 Å². The lowest BCUT2D eigenvalue weighted by molar-refractivity contribution is 0.501. The summed E-state index contributed by atoms with van der Waals surface area (Å²) in [5.41, 5.74) is 5.17. The lowest BCUT2D eigenvalue weighted by Crippen LogP contribution is -2.06. The normalized spacial score (nSPS) is 12.2. The van der Waals surface area contributed by atoms with Crippen LogP contribution in [-0.2, 0) is 0 Å². The first-order chi connectivity index (χ1) is 5.13. The van der Waals surface area contributed by atoms with Crippen molar-refractivity contribution in [1.82, 2.24) is 0 Å². The van der Waals surface area contributed by atoms with Gasteiger partial charge in [-0.3, -0.25) is 0 Å². The van der Waals surface area contributed by atoms with Crippen molar-refractivity contribution < 1.29 is 0 Å². The third-order valence-corrected chi connectivity index (χ3v) is 1.85. The van der Waals surface area contributed by atoms with E-state index in [-0.39, 0.29) is 10.8 Å². The highest BCUT2D eigenvalue weighted by Crippen LogP contribution is 2.24. The van der Waals surface area contributed by atoms with E-state index in [1.807, 2.05) is 0 Å². The molecule has 0 unspecified atom stereocenters. The summed E-state index contributed by atoms with van der Waals surface area (Å²) in [7, 11) is 0. The van der Waals surface area contributed by atoms with Crippen molar-refractivity contribution in [3.05, 3.63) is 17.4 Å². The van der Waals surface area contributed by atoms with Gasteiger partial charge in [0.25, 0.3) is 0 Å². The van der Waals surface area contributed by atoms with Crippen molar-refractivity contribution in [2.75, 3.05) is 0 Å². The minimum absolute atomic E-state index is 0.243. The molecule has 0 radical (unpaired) electrons. The van der Waals surface area contributed by atoms with Crippen molar-refractivity contribution in [1.29, 1.82) is 0 Å². The van der Waals surface area contributed by atoms with Crippen LogP contribution in [0.25, 0.3) is 0 Å². The average Bonchev–Trinajstić information content (AvgIpc) is 1.78. The molecule has 0 saturated carbocycles. The van der Waals surface area contributed by atoms with Crippen LogP contribution in [0.5, 0.6) is 0 Å². The highest BCUT2D eigenvalue weighted by Gasteiger charge is 2.12. The van der Waals surface area contributed by atoms with Gasteiger partial charge >= 0.3 is 0 Å². The fraction of sp³-hybridized carbons (Fsp3) is 0.750. The van der Waals surface area contributed by atoms with Crippen LogP contribution in [0.3, 0.4) is 0 Å². The lowest BCUT2D eigenvalue weighted by Gasteiger charge is -2.17. The zero-order valence-corrected chi connectivity index (χ0v) is 9.58. The summed E-state index contributed by atoms with van der Waals surface area (Å²) in [6, 6.07) is 0. The minimum Gasteiger partial charge on any atom is -0.125 e. The van der Waals surface area contributed by atoms with Gasteiger partial charge in [-0.1, -0.05) is 41.5 Å². The predicted molar refractivity (Wildman–Crippen MR) is 56.2 cm³/mol. The Morgan fingerprint density at radius 1 is 1.00 bits per heavy atom. The fourth-order valence-corrected chi connectivity index (χ4v) is 0.541. The van der Waals surface area contributed by atoms with Gasteiger partial charge in [0.2, 0.25) is 0 Å². The van der Waals surface area contributed by atoms with Crippen molar-refractivity contribution in [2.24, 2.45) is 10.8 Å². The zero-order chi connectivity index (χ0) is 9.99. The van der Waals surface area contributed by atoms with Crippen LogP contribution < -0.4 is 0 Å². The molecule has 0 heteroatoms. The minimum atomic E-state index is 0.243. The van der Waals surface area contributed by atoms with E-state index in [9.17, 15) is 0 Å². The van der Waals surface area contributed by atoms with Crippen LogP contribution in [-0.4, -0.2) is 0 Å². The topological polar surface area (TPSA) is 0 Å². The summed E-state index contributed by atoms with van der Waals surface area (Å²) in [5, 5.41) is 0. The summed E-state index contributed by atoms with van der Waals surface area (Å²) >= 11 is 0. The maximum Gasteiger partial charge on any atom is -0.0100 e. The van der Waals surface area contributed by atoms with Gasteiger partial charge in [0.15, 0.2) is 0 Å². The van der Waals surface area contributed by atoms with Crippen molar-refractivity contribution in [2.45, 2.75) is 48.5 Å². The van der Waals surface area contributed by atoms with Crippen molar-refractivity contribution in [3.63, 3.8) is 0 Å². The number of allylic oxidation sites excluding steroid dienone is 1. The second-order valence-electron chi connectivity index (χ2n) is 5.53. The molecule has 0 aliphatic rings. The van der Waals surface area contributed by atoms with Crippen LogP contribution in [0.4, 0.5) is 0 Å². The first-order valence-corrected chi connectivity index (χ1v) is 4.58. The van der Waals surface area contributed by atoms with Crippen molar-refractivity contribution >= 4 is 0 Å². The van der Waals surface area contributed by atoms with Crippen LogP contribution in [0.1, 0.15) is 48.5 Å². The molecule has 0 bridgehead atoms. The summed E-state index contributed by atoms with van der Waals surface area (Å²) in [4.78, 5) is 0. The highest BCUT2D eigenvalue weighted by molar-refractivity contribution is 5.08. The van der Waals surface area contributed by atoms with Gasteiger partial charge in [0, 0.05) is 0 Å². The molecule has 0 aromatic rings. The molecule has 0 N–H and O–H groups in total. The number of hydrogen-bond acceptors (Lipinski definition) is 0. The second kappa shape index (κ2) is 3.49. The van der Waals surface area contributed by atoms with Gasteiger partial charge in [0.05, 0.1) is 0 Å². The zero-order valence-electron chi connectivity index (χ0n) is 9.58. The van der Waals surface area contributed by atoms with Crippen LogP contribution in [0.2, 0.25) is 0 Å². The first-order valence-electron chi connectivity index (χ1n) is 4.58. The lowest BCUT2D eigenvalue weighted by atomic mass is 9.87. The standard InChI is InChI=1S/C12H22/c1-10(12(5,6)7)8-9-11(2,3)4/h9H,1-7H3. The number of hydrogen-bond donors (Lipinski definition) is 0. The monoisotopic (exact) mass is 166 g/mol. The summed E-state index contributed by atoms with van der Waals surface area (Å²) in [6.07, 6.45) is 2.15. The van der Waals surface area contributed by atoms with Gasteiger partial charge < -0.3 is 0 Å². The van der Waals surface area contributed by atoms with Gasteiger partial charge in [-0.05, 0) is 29.4 Å². The molecular weight excluding hydrogens is 144 g/mol. The van der Waals surface area contributed by atoms with Crippen LogP contribution in [0.15, 0.2) is 17.4 Å². The molecule has 0 rings (SSSR count). The van der Waals surface area contributed by atoms with Gasteiger partial charge in [0.1, 0.15) is 0 Å². The van der Waals surface area contributed by atoms with E-state index in [0.717, 1.165) is 0 Å². The molecule has 0 heterocycles. The van der Waals surface area contributed by atoms with Gasteiger partial charge in [-0.25, -0.2) is 0 Å². The largest absolute Gasteiger partial charge is 0.125 e. The smallest absolute Gasteiger partial charge is 0.0100 e. The molecular formula is C12H22. The molecule has 0 spiro atoms. The predicted octanol–water partition coefficient (Wildman–Crippen LogP) is 4.18. The fourth-order valence-electron chi connectivity index (χ4n) is 0.541. The van der Waals surface area contributed by atoms with Gasteiger partial charge in [-0.15, -0.1) is 5.73 Å². The van der Waals surface area contributed by atoms with E-state index in [1.54, 1.807) is 0 Å². The third-order valence-electron chi connectivity index (χ3n) is 1.85. The van der Waals surface area contributed by atoms with E-state index in [1.165, 1.54) is 5.57 Å². The third kappa shape index (κ3) is 5.21. The van der Waals surface area contributed by atoms with E-state index in [0.29, 0.717) is 0 Å². The van der Waals surface area contributed by atoms with Crippen molar-refractivity contribution in [3.8, 4) is 0 Å². The van der Waals surface area contributed by atoms with Crippen LogP contribution in [0, 0.1) is 10.8 Å². The second-order valence-corrected chi connectivity index (χ2v) is 5.53. The molecule has 0 atom stereocenters. The Bertz CT molecular complexity index is 199. The Balaban J connectivity index is 4.69. The molecule has 0 aromatic carbocycles. The molecule has 0 saturated heterocycles.